The second-order valence-electron chi connectivity index (χ2n) is 18.9. The number of rotatable bonds is 34. The molecule has 0 radical (unpaired) electrons. The van der Waals surface area contributed by atoms with Crippen molar-refractivity contribution in [1.82, 2.24) is 0 Å². The van der Waals surface area contributed by atoms with Crippen LogP contribution in [0.25, 0.3) is 0 Å². The summed E-state index contributed by atoms with van der Waals surface area (Å²) in [4.78, 5) is 22.5. The van der Waals surface area contributed by atoms with E-state index in [0.717, 1.165) is 45.8 Å². The van der Waals surface area contributed by atoms with Crippen molar-refractivity contribution >= 4 is 24.1 Å². The molecule has 0 aromatic carbocycles. The fraction of sp³-hybridized carbons (Fsp3) is 0.759. The number of nitrogens with two attached hydrogens (primary N) is 3. The van der Waals surface area contributed by atoms with Crippen LogP contribution in [-0.4, -0.2) is 189 Å². The van der Waals surface area contributed by atoms with Gasteiger partial charge in [0.25, 0.3) is 0 Å². The van der Waals surface area contributed by atoms with Crippen molar-refractivity contribution in [3.8, 4) is 0 Å². The van der Waals surface area contributed by atoms with Gasteiger partial charge >= 0.3 is 0 Å². The number of hydrogen-bond donors (Lipinski definition) is 14. The molecule has 17 N–H and O–H groups in total. The first-order valence-electron chi connectivity index (χ1n) is 27.9. The summed E-state index contributed by atoms with van der Waals surface area (Å²) in [6.07, 6.45) is 21.1. The first kappa shape index (κ1) is 85.1. The number of amides is 1. The zero-order chi connectivity index (χ0) is 61.5. The predicted octanol–water partition coefficient (Wildman–Crippen LogP) is 4.71. The third-order valence-corrected chi connectivity index (χ3v) is 11.7. The molecule has 11 unspecified atom stereocenters. The SMILES string of the molecule is CC.CC.CN.CO.COCC(C)(C)C(C/C=C/C=C/CC/C=C/C=C/C=C/C=C/C(O)CCC(CCC(O)(O)CC(O)C(O)CCC(O)CC(O)CC(O)CC=O)C(N)=O)OC1OCCCC1O.CSN.OC1CCCOC1. The minimum Gasteiger partial charge on any atom is -0.400 e. The molecule has 20 nitrogen and oxygen atoms in total. The second kappa shape index (κ2) is 58.4. The molecular weight excluding hydrogens is 1040 g/mol. The van der Waals surface area contributed by atoms with Gasteiger partial charge in [-0.05, 0) is 103 Å². The molecule has 0 aromatic rings. The van der Waals surface area contributed by atoms with Crippen molar-refractivity contribution in [2.75, 3.05) is 54.0 Å². The van der Waals surface area contributed by atoms with E-state index in [-0.39, 0.29) is 75.4 Å². The summed E-state index contributed by atoms with van der Waals surface area (Å²) in [7, 11) is 4.17. The van der Waals surface area contributed by atoms with Gasteiger partial charge in [-0.1, -0.05) is 126 Å². The first-order valence-corrected chi connectivity index (χ1v) is 29.2. The fourth-order valence-corrected chi connectivity index (χ4v) is 7.53. The minimum atomic E-state index is -2.43. The predicted molar refractivity (Wildman–Crippen MR) is 317 cm³/mol. The Morgan fingerprint density at radius 1 is 0.734 bits per heavy atom. The molecule has 2 saturated heterocycles. The van der Waals surface area contributed by atoms with Gasteiger partial charge < -0.3 is 91.4 Å². The number of unbranched alkanes of at least 4 members (excludes halogenated alkanes) is 1. The molecule has 2 rings (SSSR count). The highest BCUT2D eigenvalue weighted by molar-refractivity contribution is 7.96. The van der Waals surface area contributed by atoms with E-state index < -0.39 is 73.1 Å². The second-order valence-corrected chi connectivity index (χ2v) is 19.3. The Morgan fingerprint density at radius 2 is 1.28 bits per heavy atom. The van der Waals surface area contributed by atoms with Gasteiger partial charge in [-0.25, -0.2) is 0 Å². The molecule has 0 bridgehead atoms. The van der Waals surface area contributed by atoms with Crippen LogP contribution >= 0.6 is 11.9 Å². The van der Waals surface area contributed by atoms with Crippen molar-refractivity contribution in [3.63, 3.8) is 0 Å². The third kappa shape index (κ3) is 51.8. The lowest BCUT2D eigenvalue weighted by Crippen LogP contribution is -2.44. The standard InChI is InChI=1S/C46H77NO14.C5H10O2.2C2H6.CH5NS.CH5N.CH4O/c1-45(2,33-59-3)42(61-44-40(54)19-17-29-60-44)20-16-14-12-10-8-6-4-5-7-9-11-13-15-18-35(49)22-21-34(43(47)56)25-27-46(57,58)32-41(55)39(53)24-23-36(50)30-38(52)31-37(51)26-28-48;6-5-2-1-3-7-4-5;2*1-2;1-3-2;2*1-2/h4-5,7,9-16,18,28,34-42,44,49-55,57-58H,6,8,17,19-27,29-33H2,1-3H3,(H2,47,56);5-6H,1-4H2;2*1-2H3;2H2,1H3;2H2,1H3;2H,1H3/b5-4+,9-7+,12-10+,13-11+,16-14+,18-15+;;;;;;. The third-order valence-electron chi connectivity index (χ3n) is 11.7. The van der Waals surface area contributed by atoms with E-state index in [1.165, 1.54) is 19.0 Å². The quantitative estimate of drug-likeness (QED) is 0.0136. The molecule has 2 aliphatic rings. The molecule has 79 heavy (non-hydrogen) atoms. The molecule has 468 valence electrons. The maximum atomic E-state index is 12.1. The van der Waals surface area contributed by atoms with Crippen molar-refractivity contribution in [1.29, 1.82) is 0 Å². The number of aldehydes is 1. The van der Waals surface area contributed by atoms with Gasteiger partial charge in [0.2, 0.25) is 5.91 Å². The summed E-state index contributed by atoms with van der Waals surface area (Å²) < 4.78 is 22.2. The summed E-state index contributed by atoms with van der Waals surface area (Å²) in [6, 6.07) is 0. The molecule has 2 aliphatic heterocycles. The summed E-state index contributed by atoms with van der Waals surface area (Å²) in [6.45, 7) is 14.6. The zero-order valence-electron chi connectivity index (χ0n) is 49.7. The molecule has 0 spiro atoms. The van der Waals surface area contributed by atoms with E-state index in [2.05, 4.69) is 37.8 Å². The number of primary amides is 1. The van der Waals surface area contributed by atoms with E-state index in [0.29, 0.717) is 38.9 Å². The maximum Gasteiger partial charge on any atom is 0.220 e. The number of allylic oxidation sites excluding steroid dienone is 10. The van der Waals surface area contributed by atoms with Crippen molar-refractivity contribution in [2.24, 2.45) is 27.9 Å². The first-order chi connectivity index (χ1) is 37.7. The van der Waals surface area contributed by atoms with Crippen molar-refractivity contribution in [2.45, 2.75) is 218 Å². The molecule has 0 aliphatic carbocycles. The maximum absolute atomic E-state index is 12.1. The zero-order valence-corrected chi connectivity index (χ0v) is 50.5. The van der Waals surface area contributed by atoms with E-state index in [1.807, 2.05) is 70.4 Å². The highest BCUT2D eigenvalue weighted by Crippen LogP contribution is 2.30. The van der Waals surface area contributed by atoms with Crippen LogP contribution in [0.4, 0.5) is 0 Å². The number of carbonyl (C=O) groups is 2. The van der Waals surface area contributed by atoms with Gasteiger partial charge in [-0.2, -0.15) is 0 Å². The Balaban J connectivity index is -0.000000879. The number of aliphatic hydroxyl groups is 11. The smallest absolute Gasteiger partial charge is 0.220 e. The lowest BCUT2D eigenvalue weighted by Gasteiger charge is -2.38. The van der Waals surface area contributed by atoms with Gasteiger partial charge in [-0.3, -0.25) is 9.93 Å². The van der Waals surface area contributed by atoms with Gasteiger partial charge in [0.15, 0.2) is 12.1 Å². The van der Waals surface area contributed by atoms with E-state index in [4.69, 9.17) is 40.0 Å². The van der Waals surface area contributed by atoms with Crippen molar-refractivity contribution in [3.05, 3.63) is 72.9 Å². The molecule has 0 aromatic heterocycles. The Morgan fingerprint density at radius 3 is 1.80 bits per heavy atom. The van der Waals surface area contributed by atoms with Crippen LogP contribution in [-0.2, 0) is 28.5 Å². The van der Waals surface area contributed by atoms with Gasteiger partial charge in [-0.15, -0.1) is 0 Å². The molecular formula is C58H113N3O17S. The normalized spacial score (nSPS) is 19.8. The van der Waals surface area contributed by atoms with Crippen LogP contribution in [0.5, 0.6) is 0 Å². The summed E-state index contributed by atoms with van der Waals surface area (Å²) in [5, 5.41) is 112. The van der Waals surface area contributed by atoms with E-state index >= 15 is 0 Å². The Labute approximate surface area is 479 Å². The number of carbonyl (C=O) groups excluding carboxylic acids is 2. The van der Waals surface area contributed by atoms with Gasteiger partial charge in [0.05, 0.1) is 62.0 Å². The number of methoxy groups -OCH3 is 1. The van der Waals surface area contributed by atoms with Crippen LogP contribution in [0.15, 0.2) is 72.9 Å². The highest BCUT2D eigenvalue weighted by atomic mass is 32.2. The summed E-state index contributed by atoms with van der Waals surface area (Å²) in [5.41, 5.74) is 9.76. The molecule has 2 fully saturated rings. The Kier molecular flexibility index (Phi) is 62.9. The van der Waals surface area contributed by atoms with Crippen LogP contribution in [0, 0.1) is 11.3 Å². The minimum absolute atomic E-state index is 0.0217. The van der Waals surface area contributed by atoms with Crippen LogP contribution in [0.3, 0.4) is 0 Å². The van der Waals surface area contributed by atoms with Crippen LogP contribution < -0.4 is 16.6 Å². The molecule has 1 amide bonds. The number of aliphatic hydroxyl groups excluding tert-OH is 9. The van der Waals surface area contributed by atoms with Gasteiger partial charge in [0, 0.05) is 58.0 Å². The Hall–Kier alpha value is -2.75. The topological polar surface area (TPSA) is 372 Å². The fourth-order valence-electron chi connectivity index (χ4n) is 7.53. The summed E-state index contributed by atoms with van der Waals surface area (Å²) >= 11 is 1.25. The lowest BCUT2D eigenvalue weighted by atomic mass is 9.85. The molecule has 2 heterocycles. The monoisotopic (exact) mass is 1160 g/mol. The largest absolute Gasteiger partial charge is 0.400 e. The van der Waals surface area contributed by atoms with Gasteiger partial charge in [0.1, 0.15) is 12.4 Å². The molecule has 0 saturated carbocycles. The lowest BCUT2D eigenvalue weighted by molar-refractivity contribution is -0.251. The number of ether oxygens (including phenoxy) is 4. The molecule has 21 heteroatoms. The van der Waals surface area contributed by atoms with E-state index in [1.54, 1.807) is 25.3 Å². The average molecular weight is 1160 g/mol. The van der Waals surface area contributed by atoms with Crippen molar-refractivity contribution < 1.29 is 84.7 Å². The Bertz CT molecular complexity index is 1530. The van der Waals surface area contributed by atoms with Crippen LogP contribution in [0.1, 0.15) is 151 Å². The summed E-state index contributed by atoms with van der Waals surface area (Å²) in [5.74, 6) is -3.88. The average Bonchev–Trinajstić information content (AvgIpc) is 3.41. The number of hydrogen-bond acceptors (Lipinski definition) is 20. The molecule has 11 atom stereocenters. The highest BCUT2D eigenvalue weighted by Gasteiger charge is 2.36. The van der Waals surface area contributed by atoms with Crippen LogP contribution in [0.2, 0.25) is 0 Å². The van der Waals surface area contributed by atoms with E-state index in [9.17, 15) is 55.5 Å².